The van der Waals surface area contributed by atoms with Crippen molar-refractivity contribution in [2.24, 2.45) is 5.73 Å². The first kappa shape index (κ1) is 19.2. The van der Waals surface area contributed by atoms with Crippen LogP contribution in [0, 0.1) is 0 Å². The Hall–Kier alpha value is -2.15. The Balaban J connectivity index is 1.76. The number of carbonyl (C=O) groups excluding carboxylic acids is 2. The minimum absolute atomic E-state index is 0.119. The molecular weight excluding hydrogens is 318 g/mol. The Morgan fingerprint density at radius 3 is 2.72 bits per heavy atom. The highest BCUT2D eigenvalue weighted by atomic mass is 16.2. The number of nitrogens with zero attached hydrogens (tertiary/aromatic N) is 3. The van der Waals surface area contributed by atoms with Gasteiger partial charge in [0, 0.05) is 32.4 Å². The van der Waals surface area contributed by atoms with Crippen molar-refractivity contribution in [1.82, 2.24) is 15.2 Å². The van der Waals surface area contributed by atoms with E-state index in [-0.39, 0.29) is 17.9 Å². The van der Waals surface area contributed by atoms with Gasteiger partial charge in [-0.25, -0.2) is 4.98 Å². The van der Waals surface area contributed by atoms with E-state index in [1.54, 1.807) is 12.3 Å². The molecule has 3 N–H and O–H groups in total. The van der Waals surface area contributed by atoms with Crippen molar-refractivity contribution in [3.05, 3.63) is 23.9 Å². The minimum Gasteiger partial charge on any atom is -0.368 e. The molecule has 1 aromatic heterocycles. The van der Waals surface area contributed by atoms with Crippen molar-refractivity contribution in [1.29, 1.82) is 0 Å². The molecule has 138 valence electrons. The summed E-state index contributed by atoms with van der Waals surface area (Å²) in [5, 5.41) is 2.91. The summed E-state index contributed by atoms with van der Waals surface area (Å²) in [7, 11) is 0. The number of pyridine rings is 1. The molecule has 1 saturated heterocycles. The van der Waals surface area contributed by atoms with Gasteiger partial charge >= 0.3 is 0 Å². The van der Waals surface area contributed by atoms with Gasteiger partial charge in [0.2, 0.25) is 5.91 Å². The number of rotatable bonds is 9. The topological polar surface area (TPSA) is 91.6 Å². The smallest absolute Gasteiger partial charge is 0.252 e. The summed E-state index contributed by atoms with van der Waals surface area (Å²) in [5.74, 6) is 0.514. The zero-order valence-corrected chi connectivity index (χ0v) is 15.2. The molecule has 0 bridgehead atoms. The number of hydrogen-bond acceptors (Lipinski definition) is 5. The Kier molecular flexibility index (Phi) is 7.18. The maximum absolute atomic E-state index is 12.2. The number of anilines is 1. The zero-order chi connectivity index (χ0) is 18.2. The normalized spacial score (nSPS) is 17.4. The van der Waals surface area contributed by atoms with Gasteiger partial charge in [0.25, 0.3) is 5.91 Å². The van der Waals surface area contributed by atoms with Gasteiger partial charge in [-0.2, -0.15) is 0 Å². The molecule has 25 heavy (non-hydrogen) atoms. The van der Waals surface area contributed by atoms with E-state index in [0.29, 0.717) is 12.1 Å². The van der Waals surface area contributed by atoms with Crippen LogP contribution in [0.3, 0.4) is 0 Å². The molecule has 0 aliphatic carbocycles. The molecule has 7 heteroatoms. The van der Waals surface area contributed by atoms with Gasteiger partial charge in [0.05, 0.1) is 11.6 Å². The third kappa shape index (κ3) is 5.16. The lowest BCUT2D eigenvalue weighted by molar-refractivity contribution is -0.122. The number of primary amides is 1. The maximum Gasteiger partial charge on any atom is 0.252 e. The summed E-state index contributed by atoms with van der Waals surface area (Å²) in [6.45, 7) is 8.17. The number of hydrogen-bond donors (Lipinski definition) is 2. The lowest BCUT2D eigenvalue weighted by Gasteiger charge is -2.21. The third-order valence-corrected chi connectivity index (χ3v) is 4.70. The van der Waals surface area contributed by atoms with Gasteiger partial charge in [0.1, 0.15) is 5.82 Å². The predicted octanol–water partition coefficient (Wildman–Crippen LogP) is 0.997. The molecule has 0 saturated carbocycles. The molecule has 2 heterocycles. The summed E-state index contributed by atoms with van der Waals surface area (Å²) in [4.78, 5) is 32.1. The first-order chi connectivity index (χ1) is 12.1. The van der Waals surface area contributed by atoms with Gasteiger partial charge in [-0.3, -0.25) is 14.5 Å². The largest absolute Gasteiger partial charge is 0.368 e. The van der Waals surface area contributed by atoms with Gasteiger partial charge in [-0.15, -0.1) is 0 Å². The first-order valence-corrected chi connectivity index (χ1v) is 9.09. The molecule has 1 aliphatic rings. The Bertz CT molecular complexity index is 571. The fourth-order valence-corrected chi connectivity index (χ4v) is 3.26. The van der Waals surface area contributed by atoms with Gasteiger partial charge in [0.15, 0.2) is 0 Å². The van der Waals surface area contributed by atoms with Crippen LogP contribution >= 0.6 is 0 Å². The first-order valence-electron chi connectivity index (χ1n) is 9.09. The average molecular weight is 347 g/mol. The number of carbonyl (C=O) groups is 2. The van der Waals surface area contributed by atoms with E-state index in [0.717, 1.165) is 51.3 Å². The van der Waals surface area contributed by atoms with Crippen molar-refractivity contribution in [3.63, 3.8) is 0 Å². The second kappa shape index (κ2) is 9.36. The lowest BCUT2D eigenvalue weighted by Crippen LogP contribution is -2.41. The van der Waals surface area contributed by atoms with E-state index in [9.17, 15) is 9.59 Å². The molecule has 2 rings (SSSR count). The highest BCUT2D eigenvalue weighted by Gasteiger charge is 2.28. The summed E-state index contributed by atoms with van der Waals surface area (Å²) in [5.41, 5.74) is 5.97. The predicted molar refractivity (Wildman–Crippen MR) is 98.5 cm³/mol. The second-order valence-corrected chi connectivity index (χ2v) is 6.28. The van der Waals surface area contributed by atoms with Crippen molar-refractivity contribution in [2.75, 3.05) is 37.6 Å². The van der Waals surface area contributed by atoms with Gasteiger partial charge in [-0.05, 0) is 51.8 Å². The van der Waals surface area contributed by atoms with E-state index in [2.05, 4.69) is 33.9 Å². The molecule has 1 atom stereocenters. The minimum atomic E-state index is -0.249. The summed E-state index contributed by atoms with van der Waals surface area (Å²) >= 11 is 0. The molecular formula is C18H29N5O2. The summed E-state index contributed by atoms with van der Waals surface area (Å²) in [6.07, 6.45) is 4.25. The molecule has 2 amide bonds. The van der Waals surface area contributed by atoms with E-state index < -0.39 is 0 Å². The summed E-state index contributed by atoms with van der Waals surface area (Å²) < 4.78 is 0. The van der Waals surface area contributed by atoms with Crippen LogP contribution < -0.4 is 16.0 Å². The molecule has 1 fully saturated rings. The third-order valence-electron chi connectivity index (χ3n) is 4.70. The number of aromatic nitrogens is 1. The molecule has 0 radical (unpaired) electrons. The van der Waals surface area contributed by atoms with E-state index >= 15 is 0 Å². The highest BCUT2D eigenvalue weighted by Crippen LogP contribution is 2.16. The van der Waals surface area contributed by atoms with Crippen molar-refractivity contribution in [3.8, 4) is 0 Å². The average Bonchev–Trinajstić information content (AvgIpc) is 3.09. The molecule has 7 nitrogen and oxygen atoms in total. The number of nitrogens with one attached hydrogen (secondary N) is 1. The number of likely N-dealkylation sites (tertiary alicyclic amines) is 1. The van der Waals surface area contributed by atoms with Crippen LogP contribution in [0.1, 0.15) is 43.5 Å². The SMILES string of the molecule is CCN(CC)c1ccc(C(=O)NCCCN2CCC[C@H]2C(N)=O)cn1. The van der Waals surface area contributed by atoms with E-state index in [1.165, 1.54) is 0 Å². The van der Waals surface area contributed by atoms with Crippen LogP contribution in [-0.4, -0.2) is 60.5 Å². The van der Waals surface area contributed by atoms with Crippen LogP contribution in [0.2, 0.25) is 0 Å². The standard InChI is InChI=1S/C18H29N5O2/c1-3-22(4-2)16-9-8-14(13-21-16)18(25)20-10-6-12-23-11-5-7-15(23)17(19)24/h8-9,13,15H,3-7,10-12H2,1-2H3,(H2,19,24)(H,20,25)/t15-/m0/s1. The van der Waals surface area contributed by atoms with Crippen molar-refractivity contribution < 1.29 is 9.59 Å². The van der Waals surface area contributed by atoms with Gasteiger partial charge in [-0.1, -0.05) is 0 Å². The maximum atomic E-state index is 12.2. The van der Waals surface area contributed by atoms with Crippen LogP contribution in [0.15, 0.2) is 18.3 Å². The number of amides is 2. The molecule has 1 aromatic rings. The van der Waals surface area contributed by atoms with Crippen molar-refractivity contribution in [2.45, 2.75) is 39.2 Å². The van der Waals surface area contributed by atoms with Crippen molar-refractivity contribution >= 4 is 17.6 Å². The Morgan fingerprint density at radius 1 is 1.36 bits per heavy atom. The lowest BCUT2D eigenvalue weighted by atomic mass is 10.2. The fraction of sp³-hybridized carbons (Fsp3) is 0.611. The second-order valence-electron chi connectivity index (χ2n) is 6.28. The van der Waals surface area contributed by atoms with Gasteiger partial charge < -0.3 is 16.0 Å². The van der Waals surface area contributed by atoms with E-state index in [1.807, 2.05) is 6.07 Å². The monoisotopic (exact) mass is 347 g/mol. The quantitative estimate of drug-likeness (QED) is 0.650. The zero-order valence-electron chi connectivity index (χ0n) is 15.2. The molecule has 0 aromatic carbocycles. The molecule has 0 spiro atoms. The van der Waals surface area contributed by atoms with E-state index in [4.69, 9.17) is 5.73 Å². The Labute approximate surface area is 149 Å². The molecule has 1 aliphatic heterocycles. The van der Waals surface area contributed by atoms with Crippen LogP contribution in [-0.2, 0) is 4.79 Å². The summed E-state index contributed by atoms with van der Waals surface area (Å²) in [6, 6.07) is 3.54. The fourth-order valence-electron chi connectivity index (χ4n) is 3.26. The van der Waals surface area contributed by atoms with Crippen LogP contribution in [0.25, 0.3) is 0 Å². The number of nitrogens with two attached hydrogens (primary N) is 1. The molecule has 0 unspecified atom stereocenters. The van der Waals surface area contributed by atoms with Crippen LogP contribution in [0.4, 0.5) is 5.82 Å². The highest BCUT2D eigenvalue weighted by molar-refractivity contribution is 5.94. The van der Waals surface area contributed by atoms with Crippen LogP contribution in [0.5, 0.6) is 0 Å². The Morgan fingerprint density at radius 2 is 2.12 bits per heavy atom.